The van der Waals surface area contributed by atoms with Gasteiger partial charge in [0.15, 0.2) is 0 Å². The average molecular weight is 765 g/mol. The summed E-state index contributed by atoms with van der Waals surface area (Å²) in [7, 11) is 0. The summed E-state index contributed by atoms with van der Waals surface area (Å²) in [6.45, 7) is 4.69. The highest BCUT2D eigenvalue weighted by Crippen LogP contribution is 2.51. The van der Waals surface area contributed by atoms with Gasteiger partial charge in [0.1, 0.15) is 0 Å². The van der Waals surface area contributed by atoms with Gasteiger partial charge in [-0.3, -0.25) is 0 Å². The molecule has 0 saturated heterocycles. The van der Waals surface area contributed by atoms with E-state index in [1.807, 2.05) is 0 Å². The van der Waals surface area contributed by atoms with E-state index in [-0.39, 0.29) is 5.41 Å². The monoisotopic (exact) mass is 764 g/mol. The van der Waals surface area contributed by atoms with Gasteiger partial charge in [0, 0.05) is 38.3 Å². The number of nitrogens with zero attached hydrogens (tertiary/aromatic N) is 2. The molecular formula is C58H40N2. The van der Waals surface area contributed by atoms with Gasteiger partial charge < -0.3 is 9.30 Å². The Balaban J connectivity index is 0.979. The summed E-state index contributed by atoms with van der Waals surface area (Å²) in [6, 6.07) is 72.5. The van der Waals surface area contributed by atoms with Crippen molar-refractivity contribution in [2.45, 2.75) is 25.7 Å². The lowest BCUT2D eigenvalue weighted by Crippen LogP contribution is -2.14. The topological polar surface area (TPSA) is 7.65 Å². The summed E-state index contributed by atoms with van der Waals surface area (Å²) >= 11 is 0. The molecule has 9 aromatic carbocycles. The van der Waals surface area contributed by atoms with Crippen LogP contribution in [-0.2, 0) is 11.8 Å². The zero-order valence-corrected chi connectivity index (χ0v) is 33.6. The SMILES string of the molecule is CC1(C)c2ccccc2-c2cc(-c3ccc(N(c4ccc(-c5cccc6c5Cc5ccccc5-6)cc4)c4cccc5c6cccc7c8ccccc8n(c45)c76)cc3)ccc21. The average Bonchev–Trinajstić information content (AvgIpc) is 4.02. The second kappa shape index (κ2) is 12.3. The van der Waals surface area contributed by atoms with E-state index in [1.165, 1.54) is 105 Å². The Morgan fingerprint density at radius 2 is 0.983 bits per heavy atom. The van der Waals surface area contributed by atoms with Crippen molar-refractivity contribution >= 4 is 55.2 Å². The molecule has 0 amide bonds. The van der Waals surface area contributed by atoms with Crippen molar-refractivity contribution in [3.05, 3.63) is 216 Å². The molecule has 13 rings (SSSR count). The molecule has 11 aromatic rings. The number of rotatable bonds is 5. The van der Waals surface area contributed by atoms with E-state index < -0.39 is 0 Å². The molecule has 0 atom stereocenters. The van der Waals surface area contributed by atoms with Gasteiger partial charge in [0.25, 0.3) is 0 Å². The number of hydrogen-bond acceptors (Lipinski definition) is 1. The van der Waals surface area contributed by atoms with Gasteiger partial charge in [-0.15, -0.1) is 0 Å². The van der Waals surface area contributed by atoms with Crippen LogP contribution in [0.15, 0.2) is 194 Å². The van der Waals surface area contributed by atoms with Crippen molar-refractivity contribution in [3.63, 3.8) is 0 Å². The third-order valence-corrected chi connectivity index (χ3v) is 13.8. The van der Waals surface area contributed by atoms with Crippen molar-refractivity contribution in [2.24, 2.45) is 0 Å². The number of anilines is 3. The van der Waals surface area contributed by atoms with Crippen molar-refractivity contribution in [2.75, 3.05) is 4.90 Å². The smallest absolute Gasteiger partial charge is 0.0782 e. The second-order valence-corrected chi connectivity index (χ2v) is 17.3. The first kappa shape index (κ1) is 33.5. The fraction of sp³-hybridized carbons (Fsp3) is 0.0690. The normalized spacial score (nSPS) is 13.6. The maximum absolute atomic E-state index is 2.51. The molecule has 0 unspecified atom stereocenters. The highest BCUT2D eigenvalue weighted by molar-refractivity contribution is 6.25. The Kier molecular flexibility index (Phi) is 6.88. The lowest BCUT2D eigenvalue weighted by molar-refractivity contribution is 0.660. The summed E-state index contributed by atoms with van der Waals surface area (Å²) in [4.78, 5) is 2.46. The zero-order valence-electron chi connectivity index (χ0n) is 33.6. The lowest BCUT2D eigenvalue weighted by atomic mass is 9.82. The summed E-state index contributed by atoms with van der Waals surface area (Å²) in [6.07, 6.45) is 0.965. The van der Waals surface area contributed by atoms with E-state index in [9.17, 15) is 0 Å². The molecule has 2 heteroatoms. The van der Waals surface area contributed by atoms with E-state index in [2.05, 4.69) is 217 Å². The van der Waals surface area contributed by atoms with E-state index in [1.54, 1.807) is 0 Å². The minimum Gasteiger partial charge on any atom is -0.308 e. The van der Waals surface area contributed by atoms with Crippen LogP contribution in [0.25, 0.3) is 82.6 Å². The third kappa shape index (κ3) is 4.59. The molecule has 2 nitrogen and oxygen atoms in total. The van der Waals surface area contributed by atoms with Crippen LogP contribution in [-0.4, -0.2) is 4.40 Å². The number of hydrogen-bond donors (Lipinski definition) is 0. The van der Waals surface area contributed by atoms with Crippen LogP contribution in [0.2, 0.25) is 0 Å². The highest BCUT2D eigenvalue weighted by Gasteiger charge is 2.35. The first-order valence-corrected chi connectivity index (χ1v) is 21.1. The van der Waals surface area contributed by atoms with Gasteiger partial charge in [0.05, 0.1) is 22.2 Å². The van der Waals surface area contributed by atoms with Crippen LogP contribution >= 0.6 is 0 Å². The van der Waals surface area contributed by atoms with Gasteiger partial charge in [-0.1, -0.05) is 166 Å². The molecule has 60 heavy (non-hydrogen) atoms. The van der Waals surface area contributed by atoms with Crippen LogP contribution in [0.1, 0.15) is 36.1 Å². The van der Waals surface area contributed by atoms with Gasteiger partial charge in [0.2, 0.25) is 0 Å². The Morgan fingerprint density at radius 1 is 0.417 bits per heavy atom. The minimum absolute atomic E-state index is 0.0118. The standard InChI is InChI=1S/C58H40N2/c1-58(2)52-21-7-5-14-45(52)51-34-38(28-33-53(51)58)36-24-29-40(30-25-36)59(41-31-26-37(27-32-41)42-16-9-17-44-43-13-4-3-12-39(43)35-50(42)44)55-23-11-20-49-48-19-10-18-47-46-15-6-8-22-54(46)60(56(47)48)57(49)55/h3-34H,35H2,1-2H3. The maximum Gasteiger partial charge on any atom is 0.0782 e. The predicted molar refractivity (Wildman–Crippen MR) is 252 cm³/mol. The zero-order chi connectivity index (χ0) is 39.7. The maximum atomic E-state index is 2.51. The molecule has 2 aliphatic rings. The first-order chi connectivity index (χ1) is 29.5. The van der Waals surface area contributed by atoms with Crippen LogP contribution in [0.4, 0.5) is 17.1 Å². The molecule has 282 valence electrons. The van der Waals surface area contributed by atoms with Crippen molar-refractivity contribution in [1.29, 1.82) is 0 Å². The summed E-state index contributed by atoms with van der Waals surface area (Å²) in [5.74, 6) is 0. The van der Waals surface area contributed by atoms with Gasteiger partial charge >= 0.3 is 0 Å². The second-order valence-electron chi connectivity index (χ2n) is 17.3. The van der Waals surface area contributed by atoms with Crippen molar-refractivity contribution in [3.8, 4) is 44.5 Å². The predicted octanol–water partition coefficient (Wildman–Crippen LogP) is 15.5. The lowest BCUT2D eigenvalue weighted by Gasteiger charge is -2.27. The molecular weight excluding hydrogens is 725 g/mol. The summed E-state index contributed by atoms with van der Waals surface area (Å²) in [5.41, 5.74) is 23.1. The van der Waals surface area contributed by atoms with E-state index in [0.717, 1.165) is 23.5 Å². The molecule has 2 heterocycles. The molecule has 0 fully saturated rings. The van der Waals surface area contributed by atoms with Crippen LogP contribution < -0.4 is 4.90 Å². The molecule has 0 radical (unpaired) electrons. The minimum atomic E-state index is -0.0118. The van der Waals surface area contributed by atoms with Crippen LogP contribution in [0, 0.1) is 0 Å². The van der Waals surface area contributed by atoms with Gasteiger partial charge in [-0.05, 0) is 116 Å². The number of aromatic nitrogens is 1. The molecule has 0 N–H and O–H groups in total. The fourth-order valence-electron chi connectivity index (χ4n) is 11.0. The summed E-state index contributed by atoms with van der Waals surface area (Å²) < 4.78 is 2.51. The Morgan fingerprint density at radius 3 is 1.80 bits per heavy atom. The molecule has 0 bridgehead atoms. The molecule has 0 saturated carbocycles. The van der Waals surface area contributed by atoms with Crippen molar-refractivity contribution in [1.82, 2.24) is 4.40 Å². The molecule has 0 spiro atoms. The quantitative estimate of drug-likeness (QED) is 0.169. The molecule has 0 aliphatic heterocycles. The Bertz CT molecular complexity index is 3530. The Hall–Kier alpha value is -7.42. The summed E-state index contributed by atoms with van der Waals surface area (Å²) in [5, 5.41) is 5.13. The largest absolute Gasteiger partial charge is 0.308 e. The molecule has 2 aromatic heterocycles. The van der Waals surface area contributed by atoms with Crippen molar-refractivity contribution < 1.29 is 0 Å². The number of fused-ring (bicyclic) bond motifs is 12. The third-order valence-electron chi connectivity index (χ3n) is 13.8. The van der Waals surface area contributed by atoms with Crippen LogP contribution in [0.5, 0.6) is 0 Å². The number of benzene rings is 9. The van der Waals surface area contributed by atoms with Gasteiger partial charge in [-0.25, -0.2) is 0 Å². The molecule has 2 aliphatic carbocycles. The first-order valence-electron chi connectivity index (χ1n) is 21.1. The van der Waals surface area contributed by atoms with E-state index in [0.29, 0.717) is 0 Å². The van der Waals surface area contributed by atoms with Gasteiger partial charge in [-0.2, -0.15) is 0 Å². The number of para-hydroxylation sites is 3. The van der Waals surface area contributed by atoms with E-state index >= 15 is 0 Å². The van der Waals surface area contributed by atoms with Crippen LogP contribution in [0.3, 0.4) is 0 Å². The van der Waals surface area contributed by atoms with E-state index in [4.69, 9.17) is 0 Å². The fourth-order valence-corrected chi connectivity index (χ4v) is 11.0. The highest BCUT2D eigenvalue weighted by atomic mass is 15.2. The Labute approximate surface area is 349 Å².